The van der Waals surface area contributed by atoms with Crippen molar-refractivity contribution in [2.24, 2.45) is 0 Å². The van der Waals surface area contributed by atoms with Gasteiger partial charge < -0.3 is 14.6 Å². The van der Waals surface area contributed by atoms with Gasteiger partial charge in [-0.2, -0.15) is 0 Å². The lowest BCUT2D eigenvalue weighted by molar-refractivity contribution is -0.132. The van der Waals surface area contributed by atoms with E-state index in [9.17, 15) is 19.5 Å². The van der Waals surface area contributed by atoms with Crippen LogP contribution in [0.15, 0.2) is 48.0 Å². The third-order valence-corrected chi connectivity index (χ3v) is 6.98. The van der Waals surface area contributed by atoms with Crippen molar-refractivity contribution >= 4 is 39.9 Å². The second kappa shape index (κ2) is 10.5. The van der Waals surface area contributed by atoms with Crippen LogP contribution >= 0.6 is 11.3 Å². The number of ketones is 1. The molecule has 1 atom stereocenters. The van der Waals surface area contributed by atoms with Gasteiger partial charge in [0.1, 0.15) is 28.2 Å². The number of benzene rings is 2. The molecule has 1 aliphatic rings. The van der Waals surface area contributed by atoms with Gasteiger partial charge in [-0.3, -0.25) is 14.5 Å². The Morgan fingerprint density at radius 2 is 1.86 bits per heavy atom. The maximum atomic E-state index is 15.1. The average Bonchev–Trinajstić information content (AvgIpc) is 3.37. The summed E-state index contributed by atoms with van der Waals surface area (Å²) in [6.45, 7) is 7.46. The van der Waals surface area contributed by atoms with Crippen molar-refractivity contribution in [1.82, 2.24) is 4.98 Å². The number of carbonyl (C=O) groups is 3. The van der Waals surface area contributed by atoms with Crippen molar-refractivity contribution in [3.05, 3.63) is 81.1 Å². The second-order valence-electron chi connectivity index (χ2n) is 8.24. The molecule has 1 aromatic heterocycles. The van der Waals surface area contributed by atoms with Crippen LogP contribution in [0.25, 0.3) is 5.76 Å². The minimum atomic E-state index is -1.31. The SMILES string of the molecule is CCOC(=O)c1sc(N2C(=O)C(=O)C(=C(O)c3ccc(OCC)c(C)c3)C2c2ccccc2F)nc1C. The summed E-state index contributed by atoms with van der Waals surface area (Å²) in [7, 11) is 0. The molecular formula is C27H25FN2O6S. The van der Waals surface area contributed by atoms with Gasteiger partial charge in [-0.05, 0) is 57.5 Å². The third-order valence-electron chi connectivity index (χ3n) is 5.84. The molecule has 1 unspecified atom stereocenters. The summed E-state index contributed by atoms with van der Waals surface area (Å²) in [5.41, 5.74) is 0.982. The molecule has 1 fully saturated rings. The summed E-state index contributed by atoms with van der Waals surface area (Å²) in [4.78, 5) is 44.5. The fourth-order valence-corrected chi connectivity index (χ4v) is 5.15. The molecule has 4 rings (SSSR count). The molecule has 0 spiro atoms. The lowest BCUT2D eigenvalue weighted by Crippen LogP contribution is -2.29. The Bertz CT molecular complexity index is 1430. The number of aryl methyl sites for hydroxylation is 2. The van der Waals surface area contributed by atoms with E-state index in [0.717, 1.165) is 16.2 Å². The van der Waals surface area contributed by atoms with E-state index in [4.69, 9.17) is 9.47 Å². The van der Waals surface area contributed by atoms with Crippen molar-refractivity contribution in [3.8, 4) is 5.75 Å². The number of halogens is 1. The van der Waals surface area contributed by atoms with Gasteiger partial charge >= 0.3 is 11.9 Å². The lowest BCUT2D eigenvalue weighted by Gasteiger charge is -2.23. The van der Waals surface area contributed by atoms with Crippen LogP contribution in [-0.2, 0) is 14.3 Å². The van der Waals surface area contributed by atoms with Crippen molar-refractivity contribution in [2.45, 2.75) is 33.7 Å². The average molecular weight is 525 g/mol. The zero-order chi connectivity index (χ0) is 26.9. The summed E-state index contributed by atoms with van der Waals surface area (Å²) in [5.74, 6) is -3.14. The Kier molecular flexibility index (Phi) is 7.40. The van der Waals surface area contributed by atoms with E-state index >= 15 is 4.39 Å². The Hall–Kier alpha value is -4.05. The van der Waals surface area contributed by atoms with Crippen molar-refractivity contribution < 1.29 is 33.4 Å². The topological polar surface area (TPSA) is 106 Å². The van der Waals surface area contributed by atoms with Gasteiger partial charge in [0.2, 0.25) is 0 Å². The first-order chi connectivity index (χ1) is 17.7. The van der Waals surface area contributed by atoms with Gasteiger partial charge in [0.25, 0.3) is 5.78 Å². The van der Waals surface area contributed by atoms with Gasteiger partial charge in [0, 0.05) is 11.1 Å². The molecular weight excluding hydrogens is 499 g/mol. The van der Waals surface area contributed by atoms with E-state index in [1.165, 1.54) is 18.2 Å². The zero-order valence-corrected chi connectivity index (χ0v) is 21.5. The molecule has 0 aliphatic carbocycles. The van der Waals surface area contributed by atoms with Crippen LogP contribution in [0.2, 0.25) is 0 Å². The molecule has 10 heteroatoms. The van der Waals surface area contributed by atoms with E-state index in [2.05, 4.69) is 4.98 Å². The fourth-order valence-electron chi connectivity index (χ4n) is 4.16. The first kappa shape index (κ1) is 26.0. The molecule has 37 heavy (non-hydrogen) atoms. The molecule has 2 heterocycles. The number of ether oxygens (including phenoxy) is 2. The second-order valence-corrected chi connectivity index (χ2v) is 9.21. The molecule has 0 saturated carbocycles. The molecule has 2 aromatic carbocycles. The van der Waals surface area contributed by atoms with Crippen LogP contribution in [-0.4, -0.2) is 41.0 Å². The highest BCUT2D eigenvalue weighted by Crippen LogP contribution is 2.44. The number of amides is 1. The maximum Gasteiger partial charge on any atom is 0.350 e. The molecule has 1 amide bonds. The normalized spacial score (nSPS) is 16.8. The number of hydrogen-bond acceptors (Lipinski definition) is 8. The number of Topliss-reactive ketones (excluding diaryl/α,β-unsaturated/α-hetero) is 1. The number of hydrogen-bond donors (Lipinski definition) is 1. The third kappa shape index (κ3) is 4.72. The largest absolute Gasteiger partial charge is 0.507 e. The van der Waals surface area contributed by atoms with Crippen molar-refractivity contribution in [1.29, 1.82) is 0 Å². The summed E-state index contributed by atoms with van der Waals surface area (Å²) in [5, 5.41) is 11.3. The van der Waals surface area contributed by atoms with Crippen molar-refractivity contribution in [3.63, 3.8) is 0 Å². The van der Waals surface area contributed by atoms with Crippen LogP contribution in [0.1, 0.15) is 51.9 Å². The minimum absolute atomic E-state index is 0.00329. The number of aliphatic hydroxyl groups is 1. The first-order valence-corrected chi connectivity index (χ1v) is 12.4. The van der Waals surface area contributed by atoms with Gasteiger partial charge in [-0.15, -0.1) is 0 Å². The first-order valence-electron chi connectivity index (χ1n) is 11.6. The zero-order valence-electron chi connectivity index (χ0n) is 20.7. The number of aliphatic hydroxyl groups excluding tert-OH is 1. The Morgan fingerprint density at radius 3 is 2.51 bits per heavy atom. The molecule has 3 aromatic rings. The minimum Gasteiger partial charge on any atom is -0.507 e. The number of rotatable bonds is 7. The highest BCUT2D eigenvalue weighted by Gasteiger charge is 2.49. The van der Waals surface area contributed by atoms with Gasteiger partial charge in [-0.1, -0.05) is 29.5 Å². The summed E-state index contributed by atoms with van der Waals surface area (Å²) in [6, 6.07) is 9.20. The molecule has 1 N–H and O–H groups in total. The van der Waals surface area contributed by atoms with Crippen LogP contribution in [0.4, 0.5) is 9.52 Å². The molecule has 8 nitrogen and oxygen atoms in total. The summed E-state index contributed by atoms with van der Waals surface area (Å²) >= 11 is 0.858. The quantitative estimate of drug-likeness (QED) is 0.198. The van der Waals surface area contributed by atoms with Crippen LogP contribution in [0.5, 0.6) is 5.75 Å². The Balaban J connectivity index is 1.91. The lowest BCUT2D eigenvalue weighted by atomic mass is 9.94. The summed E-state index contributed by atoms with van der Waals surface area (Å²) in [6.07, 6.45) is 0. The monoisotopic (exact) mass is 524 g/mol. The smallest absolute Gasteiger partial charge is 0.350 e. The van der Waals surface area contributed by atoms with E-state index in [1.807, 2.05) is 6.92 Å². The number of aromatic nitrogens is 1. The number of nitrogens with zero attached hydrogens (tertiary/aromatic N) is 2. The predicted octanol–water partition coefficient (Wildman–Crippen LogP) is 5.10. The van der Waals surface area contributed by atoms with Gasteiger partial charge in [-0.25, -0.2) is 14.2 Å². The molecule has 192 valence electrons. The summed E-state index contributed by atoms with van der Waals surface area (Å²) < 4.78 is 25.7. The molecule has 1 saturated heterocycles. The fraction of sp³-hybridized carbons (Fsp3) is 0.259. The van der Waals surface area contributed by atoms with Crippen LogP contribution in [0, 0.1) is 19.7 Å². The predicted molar refractivity (Wildman–Crippen MR) is 136 cm³/mol. The molecule has 0 radical (unpaired) electrons. The molecule has 1 aliphatic heterocycles. The number of esters is 1. The Morgan fingerprint density at radius 1 is 1.14 bits per heavy atom. The highest BCUT2D eigenvalue weighted by atomic mass is 32.1. The van der Waals surface area contributed by atoms with E-state index < -0.39 is 35.3 Å². The number of anilines is 1. The Labute approximate surface area is 217 Å². The standard InChI is InChI=1S/C27H25FN2O6S/c1-5-35-19-12-11-16(13-14(19)3)22(31)20-21(17-9-7-8-10-18(17)28)30(25(33)23(20)32)27-29-15(4)24(37-27)26(34)36-6-2/h7-13,21,31H,5-6H2,1-4H3. The molecule has 0 bridgehead atoms. The number of thiazole rings is 1. The van der Waals surface area contributed by atoms with Crippen LogP contribution < -0.4 is 9.64 Å². The van der Waals surface area contributed by atoms with E-state index in [-0.39, 0.29) is 33.3 Å². The maximum absolute atomic E-state index is 15.1. The van der Waals surface area contributed by atoms with Crippen LogP contribution in [0.3, 0.4) is 0 Å². The number of carbonyl (C=O) groups excluding carboxylic acids is 3. The highest BCUT2D eigenvalue weighted by molar-refractivity contribution is 7.17. The van der Waals surface area contributed by atoms with Crippen molar-refractivity contribution in [2.75, 3.05) is 18.1 Å². The van der Waals surface area contributed by atoms with E-state index in [1.54, 1.807) is 45.0 Å². The van der Waals surface area contributed by atoms with Gasteiger partial charge in [0.15, 0.2) is 5.13 Å². The van der Waals surface area contributed by atoms with E-state index in [0.29, 0.717) is 23.6 Å². The van der Waals surface area contributed by atoms with Gasteiger partial charge in [0.05, 0.1) is 24.5 Å².